The van der Waals surface area contributed by atoms with Crippen LogP contribution in [0.15, 0.2) is 48.5 Å². The van der Waals surface area contributed by atoms with Crippen LogP contribution in [0.1, 0.15) is 30.4 Å². The average molecular weight is 353 g/mol. The fraction of sp³-hybridized carbons (Fsp3) is 0.333. The molecule has 4 rings (SSSR count). The highest BCUT2D eigenvalue weighted by Crippen LogP contribution is 2.44. The first kappa shape index (κ1) is 16.8. The molecule has 1 fully saturated rings. The number of hydrogen-bond acceptors (Lipinski definition) is 3. The van der Waals surface area contributed by atoms with Crippen molar-refractivity contribution in [2.75, 3.05) is 13.2 Å². The number of hydrogen-bond donors (Lipinski definition) is 0. The molecule has 5 heteroatoms. The largest absolute Gasteiger partial charge is 0.448 e. The maximum atomic E-state index is 13.2. The summed E-state index contributed by atoms with van der Waals surface area (Å²) < 4.78 is 18.8. The van der Waals surface area contributed by atoms with Crippen molar-refractivity contribution in [1.82, 2.24) is 4.90 Å². The lowest BCUT2D eigenvalue weighted by Crippen LogP contribution is -2.40. The third kappa shape index (κ3) is 2.77. The molecule has 134 valence electrons. The first-order chi connectivity index (χ1) is 12.6. The standard InChI is InChI=1S/C21H20FNO3/c1-13-10-19(20(22)24)23(11-13)21(25)26-12-18-16-8-4-2-6-14(16)15-7-3-5-9-17(15)18/h2-9,13,18-19H,10-12H2,1H3/t13?,19-/m0/s1. The predicted octanol–water partition coefficient (Wildman–Crippen LogP) is 4.14. The van der Waals surface area contributed by atoms with Crippen LogP contribution in [0.5, 0.6) is 0 Å². The Morgan fingerprint density at radius 2 is 1.65 bits per heavy atom. The van der Waals surface area contributed by atoms with Gasteiger partial charge < -0.3 is 4.74 Å². The van der Waals surface area contributed by atoms with E-state index in [-0.39, 0.29) is 18.4 Å². The molecule has 26 heavy (non-hydrogen) atoms. The Labute approximate surface area is 151 Å². The number of carbonyl (C=O) groups excluding carboxylic acids is 2. The summed E-state index contributed by atoms with van der Waals surface area (Å²) in [6, 6.07) is 13.7. The number of ether oxygens (including phenoxy) is 1. The third-order valence-electron chi connectivity index (χ3n) is 5.34. The fourth-order valence-electron chi connectivity index (χ4n) is 4.14. The highest BCUT2D eigenvalue weighted by atomic mass is 19.1. The fourth-order valence-corrected chi connectivity index (χ4v) is 4.14. The number of fused-ring (bicyclic) bond motifs is 3. The minimum Gasteiger partial charge on any atom is -0.448 e. The molecule has 2 aromatic carbocycles. The molecule has 4 nitrogen and oxygen atoms in total. The van der Waals surface area contributed by atoms with E-state index in [0.29, 0.717) is 13.0 Å². The van der Waals surface area contributed by atoms with Gasteiger partial charge in [-0.2, -0.15) is 4.39 Å². The molecule has 0 saturated carbocycles. The average Bonchev–Trinajstić information content (AvgIpc) is 3.18. The zero-order valence-electron chi connectivity index (χ0n) is 14.5. The van der Waals surface area contributed by atoms with Crippen molar-refractivity contribution in [3.8, 4) is 11.1 Å². The second kappa shape index (κ2) is 6.56. The third-order valence-corrected chi connectivity index (χ3v) is 5.34. The van der Waals surface area contributed by atoms with Crippen LogP contribution in [0.25, 0.3) is 11.1 Å². The lowest BCUT2D eigenvalue weighted by atomic mass is 9.98. The molecular formula is C21H20FNO3. The molecule has 2 aliphatic rings. The molecule has 0 radical (unpaired) electrons. The van der Waals surface area contributed by atoms with Crippen LogP contribution in [0.4, 0.5) is 9.18 Å². The number of amides is 1. The van der Waals surface area contributed by atoms with E-state index in [4.69, 9.17) is 4.74 Å². The monoisotopic (exact) mass is 353 g/mol. The van der Waals surface area contributed by atoms with E-state index in [1.807, 2.05) is 43.3 Å². The molecule has 0 N–H and O–H groups in total. The van der Waals surface area contributed by atoms with Gasteiger partial charge in [-0.3, -0.25) is 9.69 Å². The summed E-state index contributed by atoms with van der Waals surface area (Å²) in [5.41, 5.74) is 4.54. The normalized spacial score (nSPS) is 21.4. The summed E-state index contributed by atoms with van der Waals surface area (Å²) in [5, 5.41) is 0. The van der Waals surface area contributed by atoms with Crippen LogP contribution in [0.2, 0.25) is 0 Å². The van der Waals surface area contributed by atoms with Gasteiger partial charge in [0.05, 0.1) is 0 Å². The van der Waals surface area contributed by atoms with Gasteiger partial charge in [-0.1, -0.05) is 55.5 Å². The molecule has 2 atom stereocenters. The number of halogens is 1. The highest BCUT2D eigenvalue weighted by Gasteiger charge is 2.39. The molecule has 0 spiro atoms. The van der Waals surface area contributed by atoms with Gasteiger partial charge in [-0.15, -0.1) is 0 Å². The van der Waals surface area contributed by atoms with Crippen molar-refractivity contribution in [3.05, 3.63) is 59.7 Å². The SMILES string of the molecule is CC1C[C@@H](C(=O)F)N(C(=O)OCC2c3ccccc3-c3ccccc32)C1. The van der Waals surface area contributed by atoms with Gasteiger partial charge in [0.25, 0.3) is 0 Å². The maximum absolute atomic E-state index is 13.2. The number of carbonyl (C=O) groups is 2. The quantitative estimate of drug-likeness (QED) is 0.779. The Morgan fingerprint density at radius 1 is 1.08 bits per heavy atom. The Bertz CT molecular complexity index is 820. The molecule has 1 unspecified atom stereocenters. The van der Waals surface area contributed by atoms with Crippen molar-refractivity contribution >= 4 is 12.1 Å². The van der Waals surface area contributed by atoms with Crippen LogP contribution < -0.4 is 0 Å². The van der Waals surface area contributed by atoms with Gasteiger partial charge in [0.2, 0.25) is 0 Å². The van der Waals surface area contributed by atoms with Crippen LogP contribution in [0.3, 0.4) is 0 Å². The van der Waals surface area contributed by atoms with Crippen molar-refractivity contribution in [2.24, 2.45) is 5.92 Å². The van der Waals surface area contributed by atoms with Crippen LogP contribution in [-0.2, 0) is 9.53 Å². The van der Waals surface area contributed by atoms with E-state index in [0.717, 1.165) is 22.3 Å². The predicted molar refractivity (Wildman–Crippen MR) is 95.5 cm³/mol. The molecular weight excluding hydrogens is 333 g/mol. The van der Waals surface area contributed by atoms with Gasteiger partial charge >= 0.3 is 12.1 Å². The van der Waals surface area contributed by atoms with E-state index >= 15 is 0 Å². The molecule has 1 amide bonds. The molecule has 1 heterocycles. The van der Waals surface area contributed by atoms with Crippen LogP contribution in [-0.4, -0.2) is 36.2 Å². The number of likely N-dealkylation sites (tertiary alicyclic amines) is 1. The summed E-state index contributed by atoms with van der Waals surface area (Å²) in [4.78, 5) is 24.9. The molecule has 1 saturated heterocycles. The number of nitrogens with zero attached hydrogens (tertiary/aromatic N) is 1. The molecule has 1 aliphatic carbocycles. The number of benzene rings is 2. The smallest absolute Gasteiger partial charge is 0.410 e. The van der Waals surface area contributed by atoms with Gasteiger partial charge in [0, 0.05) is 12.5 Å². The lowest BCUT2D eigenvalue weighted by molar-refractivity contribution is -0.133. The number of rotatable bonds is 3. The summed E-state index contributed by atoms with van der Waals surface area (Å²) >= 11 is 0. The van der Waals surface area contributed by atoms with E-state index in [1.165, 1.54) is 4.90 Å². The first-order valence-electron chi connectivity index (χ1n) is 8.87. The van der Waals surface area contributed by atoms with Crippen molar-refractivity contribution in [2.45, 2.75) is 25.3 Å². The van der Waals surface area contributed by atoms with E-state index in [1.54, 1.807) is 0 Å². The van der Waals surface area contributed by atoms with Gasteiger partial charge in [-0.05, 0) is 34.6 Å². The maximum Gasteiger partial charge on any atom is 0.410 e. The van der Waals surface area contributed by atoms with Crippen LogP contribution in [0, 0.1) is 5.92 Å². The second-order valence-corrected chi connectivity index (χ2v) is 7.12. The van der Waals surface area contributed by atoms with Crippen molar-refractivity contribution in [1.29, 1.82) is 0 Å². The van der Waals surface area contributed by atoms with E-state index in [2.05, 4.69) is 12.1 Å². The minimum absolute atomic E-state index is 0.0501. The summed E-state index contributed by atoms with van der Waals surface area (Å²) in [5.74, 6) is 0.0334. The Balaban J connectivity index is 1.53. The Kier molecular flexibility index (Phi) is 4.23. The van der Waals surface area contributed by atoms with E-state index in [9.17, 15) is 14.0 Å². The highest BCUT2D eigenvalue weighted by molar-refractivity contribution is 5.82. The zero-order chi connectivity index (χ0) is 18.3. The lowest BCUT2D eigenvalue weighted by Gasteiger charge is -2.22. The van der Waals surface area contributed by atoms with Crippen molar-refractivity contribution < 1.29 is 18.7 Å². The van der Waals surface area contributed by atoms with Gasteiger partial charge in [-0.25, -0.2) is 4.79 Å². The van der Waals surface area contributed by atoms with Gasteiger partial charge in [0.1, 0.15) is 12.6 Å². The Hall–Kier alpha value is -2.69. The van der Waals surface area contributed by atoms with Gasteiger partial charge in [0.15, 0.2) is 0 Å². The molecule has 1 aliphatic heterocycles. The second-order valence-electron chi connectivity index (χ2n) is 7.12. The van der Waals surface area contributed by atoms with E-state index < -0.39 is 18.2 Å². The van der Waals surface area contributed by atoms with Crippen molar-refractivity contribution in [3.63, 3.8) is 0 Å². The van der Waals surface area contributed by atoms with Crippen LogP contribution >= 0.6 is 0 Å². The first-order valence-corrected chi connectivity index (χ1v) is 8.87. The zero-order valence-corrected chi connectivity index (χ0v) is 14.5. The minimum atomic E-state index is -1.47. The topological polar surface area (TPSA) is 46.6 Å². The summed E-state index contributed by atoms with van der Waals surface area (Å²) in [6.45, 7) is 2.41. The Morgan fingerprint density at radius 3 is 2.23 bits per heavy atom. The molecule has 2 aromatic rings. The summed E-state index contributed by atoms with van der Waals surface area (Å²) in [6.07, 6.45) is -0.272. The molecule has 0 aromatic heterocycles. The molecule has 0 bridgehead atoms. The summed E-state index contributed by atoms with van der Waals surface area (Å²) in [7, 11) is 0.